The molecular formula is C79H82Cl3N11O23. The number of carboxylic acids is 1. The van der Waals surface area contributed by atoms with E-state index < -0.39 is 237 Å². The van der Waals surface area contributed by atoms with Crippen molar-refractivity contribution in [2.75, 3.05) is 6.54 Å². The molecule has 18 N–H and O–H groups in total. The van der Waals surface area contributed by atoms with E-state index in [1.165, 1.54) is 12.1 Å². The summed E-state index contributed by atoms with van der Waals surface area (Å²) in [5, 5.41) is 127. The first-order valence-electron chi connectivity index (χ1n) is 36.6. The van der Waals surface area contributed by atoms with Crippen LogP contribution < -0.4 is 57.2 Å². The van der Waals surface area contributed by atoms with Crippen LogP contribution in [-0.4, -0.2) is 173 Å². The summed E-state index contributed by atoms with van der Waals surface area (Å²) in [4.78, 5) is 121. The Hall–Kier alpha value is -11.1. The highest BCUT2D eigenvalue weighted by Crippen LogP contribution is 2.50. The number of carbonyl (C=O) groups is 8. The number of aliphatic hydroxyl groups excluding tert-OH is 5. The highest BCUT2D eigenvalue weighted by Gasteiger charge is 2.52. The number of nitrogens with two attached hydrogens (primary N) is 1. The van der Waals surface area contributed by atoms with Crippen molar-refractivity contribution in [1.82, 2.24) is 37.2 Å². The molecule has 7 aromatic rings. The number of hydrogen-bond donors (Lipinski definition) is 17. The summed E-state index contributed by atoms with van der Waals surface area (Å²) in [6.45, 7) is 8.03. The fraction of sp³-hybridized carbons (Fsp3) is 0.367. The lowest BCUT2D eigenvalue weighted by Crippen LogP contribution is -2.65. The third kappa shape index (κ3) is 18.4. The van der Waals surface area contributed by atoms with E-state index in [1.807, 2.05) is 50.2 Å². The molecule has 37 heteroatoms. The zero-order chi connectivity index (χ0) is 83.6. The number of amides is 7. The Bertz CT molecular complexity index is 5020. The number of ether oxygens (including phenoxy) is 6. The first-order chi connectivity index (χ1) is 55.1. The third-order valence-electron chi connectivity index (χ3n) is 20.6. The second-order valence-electron chi connectivity index (χ2n) is 29.5. The molecule has 0 aromatic heterocycles. The van der Waals surface area contributed by atoms with Gasteiger partial charge in [-0.15, -0.1) is 0 Å². The Morgan fingerprint density at radius 3 is 1.90 bits per heavy atom. The number of nitrogens with zero attached hydrogens (tertiary/aromatic N) is 3. The van der Waals surface area contributed by atoms with Crippen molar-refractivity contribution in [2.24, 2.45) is 22.7 Å². The number of carbonyl (C=O) groups excluding carboxylic acids is 7. The van der Waals surface area contributed by atoms with Crippen molar-refractivity contribution >= 4 is 82.1 Å². The summed E-state index contributed by atoms with van der Waals surface area (Å²) in [5.74, 6) is -16.8. The van der Waals surface area contributed by atoms with Gasteiger partial charge in [-0.3, -0.25) is 33.6 Å². The standard InChI is InChI=1S/C79H82Cl3N11O23/c1-32(2)20-33(3)71(103)91-62-64(98)39-13-18-51(46(81)22-39)112-53-24-41-25-54(68(53)116-78-69(67(101)66(100)55(114-78)31-86-93-84)115-57-29-79(5,70(102)34(4)111-57)85-30-35-6-8-36(9-7-35)37-10-15-42(80)16-11-37)113-52-19-14-40(23-47(52)82)65(99)63-76(108)90-61(77(109)110)45-26-43(94)27-50(96)58(45)44-21-38(12-17-49(44)95)59(73(105)92-63)89-74(106)60(41)88-72(104)48(28-56(83)97)87-75(62)107/h6-19,21-27,32-34,48,55,57,59-67,69-70,78,85,94-96,98-102H,20,28-31H2,1-5H3,(H2,83,97)(H,87,107)(H,88,104)(H,89,106)(H,90,108)(H,91,103)(H,92,105)(H,109,110)/t33-,34?,48+,55?,57?,59?,60-,61-,62-,63+,64-,65-,66?,67?,69?,70?,78?,79?/m1/s1. The SMILES string of the molecule is CC(C)C[C@@H](C)C(=O)N[C@H]1C(=O)N[C@@H](CC(N)=O)C(=O)N[C@H]2C(=O)NC3C(=O)N[C@H](C(=O)N[C@@H](C(=O)O)c4cc(O)cc(O)c4-c4cc3ccc4O)[C@H](O)c3ccc(c(Cl)c3)Oc3cc2cc(c3OC2OC(CN=[N+]=[N-])C(O)C(O)C2OC2CC(C)(NCc3ccc(-c4ccc(Cl)cc4)cc3)C(O)C(C)O2)Oc2ccc(cc2Cl)[C@H]1O. The predicted molar refractivity (Wildman–Crippen MR) is 412 cm³/mol. The summed E-state index contributed by atoms with van der Waals surface area (Å²) in [5.41, 5.74) is 13.9. The molecule has 10 unspecified atom stereocenters. The van der Waals surface area contributed by atoms with Crippen LogP contribution in [0.2, 0.25) is 15.1 Å². The number of azide groups is 1. The highest BCUT2D eigenvalue weighted by molar-refractivity contribution is 6.32. The number of phenols is 3. The minimum Gasteiger partial charge on any atom is -0.508 e. The molecule has 14 rings (SSSR count). The van der Waals surface area contributed by atoms with Crippen molar-refractivity contribution in [3.05, 3.63) is 186 Å². The van der Waals surface area contributed by atoms with Gasteiger partial charge in [-0.25, -0.2) is 4.79 Å². The van der Waals surface area contributed by atoms with Crippen LogP contribution >= 0.6 is 34.8 Å². The van der Waals surface area contributed by atoms with E-state index in [0.29, 0.717) is 5.02 Å². The Kier molecular flexibility index (Phi) is 25.6. The molecule has 612 valence electrons. The van der Waals surface area contributed by atoms with Crippen LogP contribution in [0.1, 0.15) is 118 Å². The zero-order valence-electron chi connectivity index (χ0n) is 62.3. The molecule has 7 aliphatic rings. The fourth-order valence-corrected chi connectivity index (χ4v) is 15.1. The number of phenolic OH excluding ortho intramolecular Hbond substituents is 3. The van der Waals surface area contributed by atoms with Crippen molar-refractivity contribution in [3.63, 3.8) is 0 Å². The number of aromatic hydroxyl groups is 3. The Morgan fingerprint density at radius 1 is 0.681 bits per heavy atom. The average Bonchev–Trinajstić information content (AvgIpc) is 0.765. The molecule has 0 aliphatic carbocycles. The van der Waals surface area contributed by atoms with Crippen LogP contribution in [-0.2, 0) is 59.1 Å². The van der Waals surface area contributed by atoms with E-state index in [1.54, 1.807) is 32.9 Å². The van der Waals surface area contributed by atoms with Crippen molar-refractivity contribution in [3.8, 4) is 68.2 Å². The van der Waals surface area contributed by atoms with Crippen LogP contribution in [0, 0.1) is 11.8 Å². The van der Waals surface area contributed by atoms with E-state index in [-0.39, 0.29) is 52.8 Å². The molecule has 0 radical (unpaired) electrons. The summed E-state index contributed by atoms with van der Waals surface area (Å²) in [6, 6.07) is 15.3. The zero-order valence-corrected chi connectivity index (χ0v) is 64.6. The summed E-state index contributed by atoms with van der Waals surface area (Å²) in [7, 11) is 0. The molecule has 34 nitrogen and oxygen atoms in total. The van der Waals surface area contributed by atoms with Gasteiger partial charge in [0, 0.05) is 57.1 Å². The van der Waals surface area contributed by atoms with Crippen molar-refractivity contribution < 1.29 is 113 Å². The van der Waals surface area contributed by atoms with Crippen molar-refractivity contribution in [1.29, 1.82) is 0 Å². The van der Waals surface area contributed by atoms with E-state index >= 15 is 14.4 Å². The molecule has 18 atom stereocenters. The molecule has 0 spiro atoms. The van der Waals surface area contributed by atoms with Gasteiger partial charge >= 0.3 is 5.97 Å². The number of carboxylic acid groups (broad SMARTS) is 1. The maximum atomic E-state index is 16.2. The van der Waals surface area contributed by atoms with Gasteiger partial charge in [-0.2, -0.15) is 0 Å². The second kappa shape index (κ2) is 35.2. The maximum Gasteiger partial charge on any atom is 0.330 e. The van der Waals surface area contributed by atoms with E-state index in [0.717, 1.165) is 83.4 Å². The largest absolute Gasteiger partial charge is 0.508 e. The molecule has 7 heterocycles. The van der Waals surface area contributed by atoms with Gasteiger partial charge in [0.25, 0.3) is 0 Å². The predicted octanol–water partition coefficient (Wildman–Crippen LogP) is 6.62. The van der Waals surface area contributed by atoms with E-state index in [2.05, 4.69) is 47.2 Å². The number of aliphatic carboxylic acids is 1. The Balaban J connectivity index is 1.05. The van der Waals surface area contributed by atoms with Gasteiger partial charge in [0.15, 0.2) is 29.9 Å². The summed E-state index contributed by atoms with van der Waals surface area (Å²) in [6.07, 6.45) is -18.6. The summed E-state index contributed by atoms with van der Waals surface area (Å²) >= 11 is 20.5. The van der Waals surface area contributed by atoms with E-state index in [9.17, 15) is 75.5 Å². The monoisotopic (exact) mass is 1660 g/mol. The molecule has 116 heavy (non-hydrogen) atoms. The fourth-order valence-electron chi connectivity index (χ4n) is 14.5. The number of nitrogens with one attached hydrogen (secondary N) is 7. The number of aliphatic hydroxyl groups is 5. The van der Waals surface area contributed by atoms with Crippen LogP contribution in [0.5, 0.6) is 46.0 Å². The van der Waals surface area contributed by atoms with Gasteiger partial charge in [0.2, 0.25) is 53.4 Å². The van der Waals surface area contributed by atoms with Gasteiger partial charge < -0.3 is 117 Å². The van der Waals surface area contributed by atoms with E-state index in [4.69, 9.17) is 69.0 Å². The lowest BCUT2D eigenvalue weighted by atomic mass is 9.84. The molecule has 2 saturated heterocycles. The first-order valence-corrected chi connectivity index (χ1v) is 37.7. The van der Waals surface area contributed by atoms with Gasteiger partial charge in [0.1, 0.15) is 83.4 Å². The molecule has 2 fully saturated rings. The quantitative estimate of drug-likeness (QED) is 0.0258. The van der Waals surface area contributed by atoms with Gasteiger partial charge in [0.05, 0.1) is 41.3 Å². The molecular weight excluding hydrogens is 1580 g/mol. The topological polar surface area (TPSA) is 533 Å². The molecule has 7 amide bonds. The third-order valence-corrected chi connectivity index (χ3v) is 21.4. The number of rotatable bonds is 17. The number of fused-ring (bicyclic) bond motifs is 15. The maximum absolute atomic E-state index is 16.2. The van der Waals surface area contributed by atoms with Crippen LogP contribution in [0.4, 0.5) is 0 Å². The lowest BCUT2D eigenvalue weighted by molar-refractivity contribution is -0.331. The Labute approximate surface area is 676 Å². The number of primary amides is 1. The normalized spacial score (nSPS) is 27.0. The average molecular weight is 1660 g/mol. The smallest absolute Gasteiger partial charge is 0.330 e. The molecule has 7 aromatic carbocycles. The van der Waals surface area contributed by atoms with Gasteiger partial charge in [-0.1, -0.05) is 115 Å². The Morgan fingerprint density at radius 2 is 1.28 bits per heavy atom. The van der Waals surface area contributed by atoms with Crippen LogP contribution in [0.3, 0.4) is 0 Å². The van der Waals surface area contributed by atoms with Gasteiger partial charge in [-0.05, 0) is 137 Å². The van der Waals surface area contributed by atoms with Crippen molar-refractivity contribution in [2.45, 2.75) is 164 Å². The molecule has 0 saturated carbocycles. The molecule has 7 aliphatic heterocycles. The minimum atomic E-state index is -2.37. The lowest BCUT2D eigenvalue weighted by Gasteiger charge is -2.48. The van der Waals surface area contributed by atoms with Crippen LogP contribution in [0.25, 0.3) is 32.7 Å². The number of benzene rings is 7. The van der Waals surface area contributed by atoms with Crippen LogP contribution in [0.15, 0.2) is 133 Å². The number of halogens is 3. The highest BCUT2D eigenvalue weighted by atomic mass is 35.5. The first kappa shape index (κ1) is 84.3. The second-order valence-corrected chi connectivity index (χ2v) is 30.7. The summed E-state index contributed by atoms with van der Waals surface area (Å²) < 4.78 is 39.7. The minimum absolute atomic E-state index is 0.0544. The number of hydrogen-bond acceptors (Lipinski definition) is 24. The molecule has 11 bridgehead atoms.